The highest BCUT2D eigenvalue weighted by atomic mass is 35.5. The van der Waals surface area contributed by atoms with Crippen molar-refractivity contribution >= 4 is 23.4 Å². The zero-order chi connectivity index (χ0) is 12.8. The summed E-state index contributed by atoms with van der Waals surface area (Å²) in [6.45, 7) is 3.36. The molecule has 1 aliphatic rings. The molecule has 1 aromatic rings. The van der Waals surface area contributed by atoms with Gasteiger partial charge in [-0.25, -0.2) is 0 Å². The van der Waals surface area contributed by atoms with E-state index in [4.69, 9.17) is 11.6 Å². The summed E-state index contributed by atoms with van der Waals surface area (Å²) in [5, 5.41) is 4.51. The van der Waals surface area contributed by atoms with Crippen molar-refractivity contribution in [1.29, 1.82) is 0 Å². The number of rotatable bonds is 8. The lowest BCUT2D eigenvalue weighted by atomic mass is 10.1. The largest absolute Gasteiger partial charge is 0.313 e. The maximum absolute atomic E-state index is 6.01. The van der Waals surface area contributed by atoms with Gasteiger partial charge in [0.15, 0.2) is 0 Å². The van der Waals surface area contributed by atoms with Crippen LogP contribution in [-0.4, -0.2) is 18.3 Å². The first-order valence-corrected chi connectivity index (χ1v) is 8.26. The Bertz CT molecular complexity index is 365. The van der Waals surface area contributed by atoms with Crippen LogP contribution in [0.4, 0.5) is 0 Å². The molecule has 3 heteroatoms. The van der Waals surface area contributed by atoms with Crippen LogP contribution in [0.3, 0.4) is 0 Å². The fraction of sp³-hybridized carbons (Fsp3) is 0.600. The molecule has 100 valence electrons. The summed E-state index contributed by atoms with van der Waals surface area (Å²) in [6, 6.07) is 8.81. The molecule has 0 bridgehead atoms. The molecule has 1 atom stereocenters. The van der Waals surface area contributed by atoms with Gasteiger partial charge in [-0.15, -0.1) is 11.8 Å². The Balaban J connectivity index is 1.79. The summed E-state index contributed by atoms with van der Waals surface area (Å²) >= 11 is 7.93. The van der Waals surface area contributed by atoms with Crippen LogP contribution in [0.1, 0.15) is 32.6 Å². The lowest BCUT2D eigenvalue weighted by molar-refractivity contribution is 0.494. The first-order valence-electron chi connectivity index (χ1n) is 6.89. The van der Waals surface area contributed by atoms with Gasteiger partial charge in [-0.3, -0.25) is 0 Å². The Hall–Kier alpha value is -0.180. The van der Waals surface area contributed by atoms with E-state index in [1.807, 2.05) is 23.9 Å². The van der Waals surface area contributed by atoms with E-state index in [1.54, 1.807) is 0 Å². The fourth-order valence-corrected chi connectivity index (χ4v) is 3.36. The Morgan fingerprint density at radius 3 is 2.94 bits per heavy atom. The normalized spacial score (nSPS) is 16.8. The van der Waals surface area contributed by atoms with Gasteiger partial charge in [0, 0.05) is 21.7 Å². The molecule has 1 unspecified atom stereocenters. The van der Waals surface area contributed by atoms with Gasteiger partial charge in [0.25, 0.3) is 0 Å². The number of hydrogen-bond donors (Lipinski definition) is 1. The van der Waals surface area contributed by atoms with Gasteiger partial charge in [-0.2, -0.15) is 0 Å². The predicted octanol–water partition coefficient (Wildman–Crippen LogP) is 4.60. The van der Waals surface area contributed by atoms with Crippen molar-refractivity contribution < 1.29 is 0 Å². The van der Waals surface area contributed by atoms with Gasteiger partial charge >= 0.3 is 0 Å². The van der Waals surface area contributed by atoms with Crippen LogP contribution in [0, 0.1) is 5.92 Å². The molecule has 1 saturated carbocycles. The summed E-state index contributed by atoms with van der Waals surface area (Å²) in [4.78, 5) is 1.28. The van der Waals surface area contributed by atoms with Crippen LogP contribution < -0.4 is 5.32 Å². The number of benzene rings is 1. The second-order valence-corrected chi connectivity index (χ2v) is 6.63. The predicted molar refractivity (Wildman–Crippen MR) is 81.6 cm³/mol. The summed E-state index contributed by atoms with van der Waals surface area (Å²) in [5.74, 6) is 2.14. The molecule has 1 nitrogen and oxygen atoms in total. The summed E-state index contributed by atoms with van der Waals surface area (Å²) in [7, 11) is 0. The lowest BCUT2D eigenvalue weighted by Gasteiger charge is -2.18. The molecule has 1 N–H and O–H groups in total. The first-order chi connectivity index (χ1) is 8.78. The molecule has 0 radical (unpaired) electrons. The molecule has 1 aromatic carbocycles. The number of nitrogens with one attached hydrogen (secondary N) is 1. The Labute approximate surface area is 120 Å². The highest BCUT2D eigenvalue weighted by molar-refractivity contribution is 7.99. The zero-order valence-corrected chi connectivity index (χ0v) is 12.6. The summed E-state index contributed by atoms with van der Waals surface area (Å²) < 4.78 is 0. The zero-order valence-electron chi connectivity index (χ0n) is 11.0. The molecule has 1 aliphatic carbocycles. The van der Waals surface area contributed by atoms with Crippen molar-refractivity contribution in [3.05, 3.63) is 29.3 Å². The highest BCUT2D eigenvalue weighted by Crippen LogP contribution is 2.34. The van der Waals surface area contributed by atoms with Crippen LogP contribution in [0.2, 0.25) is 5.02 Å². The van der Waals surface area contributed by atoms with Crippen molar-refractivity contribution in [2.24, 2.45) is 5.92 Å². The second-order valence-electron chi connectivity index (χ2n) is 5.10. The Morgan fingerprint density at radius 2 is 2.28 bits per heavy atom. The van der Waals surface area contributed by atoms with Crippen molar-refractivity contribution in [3.63, 3.8) is 0 Å². The van der Waals surface area contributed by atoms with E-state index in [0.29, 0.717) is 6.04 Å². The lowest BCUT2D eigenvalue weighted by Crippen LogP contribution is -2.32. The van der Waals surface area contributed by atoms with E-state index in [0.717, 1.165) is 23.2 Å². The second kappa shape index (κ2) is 7.42. The molecular formula is C15H22ClNS. The van der Waals surface area contributed by atoms with E-state index < -0.39 is 0 Å². The van der Waals surface area contributed by atoms with Crippen LogP contribution in [0.25, 0.3) is 0 Å². The standard InChI is InChI=1S/C15H22ClNS/c1-2-8-17-14(9-12-6-7-12)11-18-15-5-3-4-13(16)10-15/h3-5,10,12,14,17H,2,6-9,11H2,1H3. The fourth-order valence-electron chi connectivity index (χ4n) is 2.07. The maximum atomic E-state index is 6.01. The third-order valence-electron chi connectivity index (χ3n) is 3.25. The molecule has 0 amide bonds. The molecule has 0 aliphatic heterocycles. The first kappa shape index (κ1) is 14.2. The average molecular weight is 284 g/mol. The number of halogens is 1. The third-order valence-corrected chi connectivity index (χ3v) is 4.64. The van der Waals surface area contributed by atoms with E-state index in [-0.39, 0.29) is 0 Å². The van der Waals surface area contributed by atoms with Gasteiger partial charge < -0.3 is 5.32 Å². The van der Waals surface area contributed by atoms with Crippen LogP contribution in [0.5, 0.6) is 0 Å². The van der Waals surface area contributed by atoms with Gasteiger partial charge in [-0.1, -0.05) is 37.4 Å². The average Bonchev–Trinajstić information content (AvgIpc) is 3.17. The Kier molecular flexibility index (Phi) is 5.87. The molecule has 18 heavy (non-hydrogen) atoms. The monoisotopic (exact) mass is 283 g/mol. The van der Waals surface area contributed by atoms with Gasteiger partial charge in [0.1, 0.15) is 0 Å². The molecule has 1 fully saturated rings. The van der Waals surface area contributed by atoms with Crippen molar-refractivity contribution in [2.75, 3.05) is 12.3 Å². The van der Waals surface area contributed by atoms with Crippen LogP contribution in [0.15, 0.2) is 29.2 Å². The SMILES string of the molecule is CCCNC(CSc1cccc(Cl)c1)CC1CC1. The molecule has 0 heterocycles. The smallest absolute Gasteiger partial charge is 0.0417 e. The molecule has 0 saturated heterocycles. The van der Waals surface area contributed by atoms with Gasteiger partial charge in [0.05, 0.1) is 0 Å². The van der Waals surface area contributed by atoms with Crippen LogP contribution >= 0.6 is 23.4 Å². The van der Waals surface area contributed by atoms with Gasteiger partial charge in [0.2, 0.25) is 0 Å². The summed E-state index contributed by atoms with van der Waals surface area (Å²) in [6.07, 6.45) is 5.43. The van der Waals surface area contributed by atoms with Crippen molar-refractivity contribution in [3.8, 4) is 0 Å². The molecule has 2 rings (SSSR count). The van der Waals surface area contributed by atoms with Crippen LogP contribution in [-0.2, 0) is 0 Å². The van der Waals surface area contributed by atoms with Crippen molar-refractivity contribution in [1.82, 2.24) is 5.32 Å². The van der Waals surface area contributed by atoms with Gasteiger partial charge in [-0.05, 0) is 43.5 Å². The Morgan fingerprint density at radius 1 is 1.44 bits per heavy atom. The highest BCUT2D eigenvalue weighted by Gasteiger charge is 2.25. The molecule has 0 aromatic heterocycles. The van der Waals surface area contributed by atoms with Crippen molar-refractivity contribution in [2.45, 2.75) is 43.5 Å². The third kappa shape index (κ3) is 5.21. The molecule has 0 spiro atoms. The van der Waals surface area contributed by atoms with E-state index in [9.17, 15) is 0 Å². The van der Waals surface area contributed by atoms with E-state index in [2.05, 4.69) is 24.4 Å². The topological polar surface area (TPSA) is 12.0 Å². The quantitative estimate of drug-likeness (QED) is 0.700. The number of thioether (sulfide) groups is 1. The summed E-state index contributed by atoms with van der Waals surface area (Å²) in [5.41, 5.74) is 0. The maximum Gasteiger partial charge on any atom is 0.0417 e. The minimum atomic E-state index is 0.654. The minimum absolute atomic E-state index is 0.654. The minimum Gasteiger partial charge on any atom is -0.313 e. The number of hydrogen-bond acceptors (Lipinski definition) is 2. The molecular weight excluding hydrogens is 262 g/mol. The van der Waals surface area contributed by atoms with E-state index >= 15 is 0 Å². The van der Waals surface area contributed by atoms with E-state index in [1.165, 1.54) is 30.6 Å².